The van der Waals surface area contributed by atoms with Crippen molar-refractivity contribution in [1.29, 1.82) is 0 Å². The molecule has 0 bridgehead atoms. The molecule has 0 amide bonds. The lowest BCUT2D eigenvalue weighted by atomic mass is 10.3. The maximum Gasteiger partial charge on any atom is 0.244 e. The number of anilines is 1. The van der Waals surface area contributed by atoms with Gasteiger partial charge in [-0.1, -0.05) is 0 Å². The van der Waals surface area contributed by atoms with E-state index in [2.05, 4.69) is 15.0 Å². The molecule has 0 atom stereocenters. The molecule has 8 nitrogen and oxygen atoms in total. The zero-order valence-electron chi connectivity index (χ0n) is 15.3. The number of nitrogens with zero attached hydrogens (tertiary/aromatic N) is 5. The van der Waals surface area contributed by atoms with Crippen molar-refractivity contribution < 1.29 is 17.5 Å². The maximum atomic E-state index is 13.0. The quantitative estimate of drug-likeness (QED) is 0.632. The van der Waals surface area contributed by atoms with Crippen molar-refractivity contribution in [2.45, 2.75) is 4.90 Å². The second-order valence-electron chi connectivity index (χ2n) is 6.33. The van der Waals surface area contributed by atoms with E-state index in [-0.39, 0.29) is 10.7 Å². The number of hydrogen-bond acceptors (Lipinski definition) is 7. The summed E-state index contributed by atoms with van der Waals surface area (Å²) in [6.45, 7) is 1.51. The SMILES string of the molecule is O=S(=O)(c1cccnc1)N1CCN(c2nccc(Oc3ccc(F)cc3)n2)CC1. The molecule has 29 heavy (non-hydrogen) atoms. The van der Waals surface area contributed by atoms with Crippen LogP contribution in [0.1, 0.15) is 0 Å². The molecule has 0 saturated carbocycles. The van der Waals surface area contributed by atoms with Gasteiger partial charge in [-0.2, -0.15) is 9.29 Å². The first-order chi connectivity index (χ1) is 14.0. The molecule has 150 valence electrons. The van der Waals surface area contributed by atoms with Gasteiger partial charge in [-0.3, -0.25) is 4.98 Å². The Morgan fingerprint density at radius 1 is 0.966 bits per heavy atom. The van der Waals surface area contributed by atoms with E-state index >= 15 is 0 Å². The molecular weight excluding hydrogens is 397 g/mol. The van der Waals surface area contributed by atoms with E-state index in [1.807, 2.05) is 4.90 Å². The van der Waals surface area contributed by atoms with Crippen molar-refractivity contribution in [3.8, 4) is 11.6 Å². The first-order valence-corrected chi connectivity index (χ1v) is 10.4. The smallest absolute Gasteiger partial charge is 0.244 e. The molecule has 0 aliphatic carbocycles. The highest BCUT2D eigenvalue weighted by Crippen LogP contribution is 2.23. The van der Waals surface area contributed by atoms with Gasteiger partial charge in [-0.25, -0.2) is 17.8 Å². The van der Waals surface area contributed by atoms with Crippen LogP contribution in [0.15, 0.2) is 66.0 Å². The van der Waals surface area contributed by atoms with E-state index in [9.17, 15) is 12.8 Å². The summed E-state index contributed by atoms with van der Waals surface area (Å²) >= 11 is 0. The third-order valence-electron chi connectivity index (χ3n) is 4.45. The van der Waals surface area contributed by atoms with Gasteiger partial charge in [0.2, 0.25) is 21.9 Å². The minimum atomic E-state index is -3.57. The Morgan fingerprint density at radius 3 is 2.41 bits per heavy atom. The van der Waals surface area contributed by atoms with Crippen LogP contribution in [0.4, 0.5) is 10.3 Å². The average Bonchev–Trinajstić information content (AvgIpc) is 2.76. The highest BCUT2D eigenvalue weighted by molar-refractivity contribution is 7.89. The van der Waals surface area contributed by atoms with Crippen LogP contribution in [0.2, 0.25) is 0 Å². The average molecular weight is 415 g/mol. The Labute approximate surface area is 167 Å². The van der Waals surface area contributed by atoms with E-state index in [4.69, 9.17) is 4.74 Å². The van der Waals surface area contributed by atoms with E-state index in [0.29, 0.717) is 43.8 Å². The molecule has 1 saturated heterocycles. The Morgan fingerprint density at radius 2 is 1.72 bits per heavy atom. The summed E-state index contributed by atoms with van der Waals surface area (Å²) in [5.41, 5.74) is 0. The van der Waals surface area contributed by atoms with Gasteiger partial charge in [-0.05, 0) is 36.4 Å². The van der Waals surface area contributed by atoms with Crippen LogP contribution >= 0.6 is 0 Å². The van der Waals surface area contributed by atoms with Crippen LogP contribution in [0, 0.1) is 5.82 Å². The zero-order chi connectivity index (χ0) is 20.3. The van der Waals surface area contributed by atoms with Crippen LogP contribution in [0.25, 0.3) is 0 Å². The third-order valence-corrected chi connectivity index (χ3v) is 6.33. The third kappa shape index (κ3) is 4.33. The summed E-state index contributed by atoms with van der Waals surface area (Å²) in [5, 5.41) is 0. The first kappa shape index (κ1) is 19.2. The molecular formula is C19H18FN5O3S. The van der Waals surface area contributed by atoms with Gasteiger partial charge in [-0.15, -0.1) is 0 Å². The standard InChI is InChI=1S/C19H18FN5O3S/c20-15-3-5-16(6-4-15)28-18-7-9-22-19(23-18)24-10-12-25(13-11-24)29(26,27)17-2-1-8-21-14-17/h1-9,14H,10-13H2. The second kappa shape index (κ2) is 8.10. The zero-order valence-corrected chi connectivity index (χ0v) is 16.2. The van der Waals surface area contributed by atoms with Crippen LogP contribution in [0.5, 0.6) is 11.6 Å². The molecule has 4 rings (SSSR count). The molecule has 2 aromatic heterocycles. The second-order valence-corrected chi connectivity index (χ2v) is 8.27. The van der Waals surface area contributed by atoms with Gasteiger partial charge in [0.25, 0.3) is 0 Å². The van der Waals surface area contributed by atoms with E-state index in [1.165, 1.54) is 47.0 Å². The number of ether oxygens (including phenoxy) is 1. The lowest BCUT2D eigenvalue weighted by Crippen LogP contribution is -2.49. The number of hydrogen-bond donors (Lipinski definition) is 0. The fourth-order valence-corrected chi connectivity index (χ4v) is 4.33. The van der Waals surface area contributed by atoms with Crippen molar-refractivity contribution >= 4 is 16.0 Å². The number of pyridine rings is 1. The Balaban J connectivity index is 1.43. The molecule has 1 aliphatic heterocycles. The summed E-state index contributed by atoms with van der Waals surface area (Å²) in [6.07, 6.45) is 4.45. The fraction of sp³-hybridized carbons (Fsp3) is 0.211. The fourth-order valence-electron chi connectivity index (χ4n) is 2.94. The van der Waals surface area contributed by atoms with Gasteiger partial charge in [0.1, 0.15) is 16.5 Å². The molecule has 1 aromatic carbocycles. The van der Waals surface area contributed by atoms with Crippen molar-refractivity contribution in [2.75, 3.05) is 31.1 Å². The van der Waals surface area contributed by atoms with Gasteiger partial charge in [0.15, 0.2) is 0 Å². The van der Waals surface area contributed by atoms with Crippen LogP contribution < -0.4 is 9.64 Å². The predicted molar refractivity (Wildman–Crippen MR) is 104 cm³/mol. The molecule has 3 heterocycles. The normalized spacial score (nSPS) is 15.3. The molecule has 1 aliphatic rings. The Hall–Kier alpha value is -3.11. The van der Waals surface area contributed by atoms with E-state index in [1.54, 1.807) is 18.3 Å². The molecule has 0 spiro atoms. The van der Waals surface area contributed by atoms with E-state index < -0.39 is 10.0 Å². The molecule has 0 unspecified atom stereocenters. The molecule has 10 heteroatoms. The molecule has 0 N–H and O–H groups in total. The highest BCUT2D eigenvalue weighted by Gasteiger charge is 2.29. The molecule has 1 fully saturated rings. The number of rotatable bonds is 5. The van der Waals surface area contributed by atoms with Gasteiger partial charge < -0.3 is 9.64 Å². The number of benzene rings is 1. The van der Waals surface area contributed by atoms with Gasteiger partial charge in [0.05, 0.1) is 0 Å². The van der Waals surface area contributed by atoms with Gasteiger partial charge >= 0.3 is 0 Å². The number of sulfonamides is 1. The van der Waals surface area contributed by atoms with Crippen molar-refractivity contribution in [2.24, 2.45) is 0 Å². The summed E-state index contributed by atoms with van der Waals surface area (Å²) in [4.78, 5) is 14.6. The molecule has 3 aromatic rings. The predicted octanol–water partition coefficient (Wildman–Crippen LogP) is 2.31. The summed E-state index contributed by atoms with van der Waals surface area (Å²) in [5.74, 6) is 0.887. The topological polar surface area (TPSA) is 88.5 Å². The van der Waals surface area contributed by atoms with Crippen molar-refractivity contribution in [1.82, 2.24) is 19.3 Å². The summed E-state index contributed by atoms with van der Waals surface area (Å²) < 4.78 is 45.5. The number of piperazine rings is 1. The first-order valence-electron chi connectivity index (χ1n) is 8.94. The Kier molecular flexibility index (Phi) is 5.36. The summed E-state index contributed by atoms with van der Waals surface area (Å²) in [6, 6.07) is 10.4. The highest BCUT2D eigenvalue weighted by atomic mass is 32.2. The Bertz CT molecular complexity index is 1070. The molecule has 0 radical (unpaired) electrons. The number of aromatic nitrogens is 3. The minimum Gasteiger partial charge on any atom is -0.439 e. The minimum absolute atomic E-state index is 0.180. The largest absolute Gasteiger partial charge is 0.439 e. The van der Waals surface area contributed by atoms with Crippen LogP contribution in [-0.2, 0) is 10.0 Å². The lowest BCUT2D eigenvalue weighted by Gasteiger charge is -2.33. The monoisotopic (exact) mass is 415 g/mol. The maximum absolute atomic E-state index is 13.0. The lowest BCUT2D eigenvalue weighted by molar-refractivity contribution is 0.381. The number of halogens is 1. The van der Waals surface area contributed by atoms with Gasteiger partial charge in [0, 0.05) is 50.8 Å². The van der Waals surface area contributed by atoms with Crippen molar-refractivity contribution in [3.05, 3.63) is 66.9 Å². The van der Waals surface area contributed by atoms with E-state index in [0.717, 1.165) is 0 Å². The summed E-state index contributed by atoms with van der Waals surface area (Å²) in [7, 11) is -3.57. The van der Waals surface area contributed by atoms with Crippen molar-refractivity contribution in [3.63, 3.8) is 0 Å². The van der Waals surface area contributed by atoms with Crippen LogP contribution in [0.3, 0.4) is 0 Å². The van der Waals surface area contributed by atoms with Crippen LogP contribution in [-0.4, -0.2) is 53.9 Å².